The summed E-state index contributed by atoms with van der Waals surface area (Å²) in [7, 11) is 1.69. The number of benzene rings is 1. The monoisotopic (exact) mass is 278 g/mol. The van der Waals surface area contributed by atoms with E-state index in [0.29, 0.717) is 18.7 Å². The van der Waals surface area contributed by atoms with Gasteiger partial charge in [-0.1, -0.05) is 6.07 Å². The molecular weight excluding hydrogens is 252 g/mol. The number of methoxy groups -OCH3 is 1. The Kier molecular flexibility index (Phi) is 5.26. The van der Waals surface area contributed by atoms with Crippen LogP contribution in [0.15, 0.2) is 18.2 Å². The molecule has 1 aromatic rings. The molecule has 4 nitrogen and oxygen atoms in total. The van der Waals surface area contributed by atoms with E-state index < -0.39 is 0 Å². The van der Waals surface area contributed by atoms with E-state index in [1.165, 1.54) is 5.56 Å². The van der Waals surface area contributed by atoms with Gasteiger partial charge in [-0.05, 0) is 38.5 Å². The standard InChI is InChI=1S/C16H26N2O2/c1-5-20-15-7-6-14(8-16(15)19-4)11-18-10-12(2)17-9-13(18)3/h6-8,12-13,17H,5,9-11H2,1-4H3. The van der Waals surface area contributed by atoms with Gasteiger partial charge in [0.15, 0.2) is 11.5 Å². The highest BCUT2D eigenvalue weighted by Gasteiger charge is 2.22. The molecule has 0 amide bonds. The number of nitrogens with one attached hydrogen (secondary N) is 1. The minimum Gasteiger partial charge on any atom is -0.493 e. The second-order valence-corrected chi connectivity index (χ2v) is 5.51. The first kappa shape index (κ1) is 15.1. The van der Waals surface area contributed by atoms with Crippen molar-refractivity contribution in [1.82, 2.24) is 10.2 Å². The Labute approximate surface area is 122 Å². The number of ether oxygens (including phenoxy) is 2. The zero-order valence-electron chi connectivity index (χ0n) is 13.0. The molecule has 0 spiro atoms. The van der Waals surface area contributed by atoms with Crippen molar-refractivity contribution < 1.29 is 9.47 Å². The van der Waals surface area contributed by atoms with Crippen LogP contribution in [-0.2, 0) is 6.54 Å². The van der Waals surface area contributed by atoms with Gasteiger partial charge in [0.05, 0.1) is 13.7 Å². The molecule has 0 aromatic heterocycles. The zero-order chi connectivity index (χ0) is 14.5. The van der Waals surface area contributed by atoms with Gasteiger partial charge in [-0.3, -0.25) is 4.90 Å². The molecule has 1 fully saturated rings. The summed E-state index contributed by atoms with van der Waals surface area (Å²) >= 11 is 0. The average molecular weight is 278 g/mol. The summed E-state index contributed by atoms with van der Waals surface area (Å²) in [6.07, 6.45) is 0. The summed E-state index contributed by atoms with van der Waals surface area (Å²) in [6.45, 7) is 10.2. The minimum atomic E-state index is 0.552. The number of hydrogen-bond acceptors (Lipinski definition) is 4. The third-order valence-corrected chi connectivity index (χ3v) is 3.81. The third-order valence-electron chi connectivity index (χ3n) is 3.81. The molecule has 0 saturated carbocycles. The average Bonchev–Trinajstić information content (AvgIpc) is 2.44. The molecule has 2 unspecified atom stereocenters. The van der Waals surface area contributed by atoms with Gasteiger partial charge in [-0.15, -0.1) is 0 Å². The predicted octanol–water partition coefficient (Wildman–Crippen LogP) is 2.28. The van der Waals surface area contributed by atoms with Crippen LogP contribution in [0.2, 0.25) is 0 Å². The van der Waals surface area contributed by atoms with Crippen molar-refractivity contribution >= 4 is 0 Å². The highest BCUT2D eigenvalue weighted by molar-refractivity contribution is 5.43. The molecule has 0 aliphatic carbocycles. The molecule has 4 heteroatoms. The normalized spacial score (nSPS) is 23.6. The molecule has 0 bridgehead atoms. The lowest BCUT2D eigenvalue weighted by Gasteiger charge is -2.37. The van der Waals surface area contributed by atoms with E-state index >= 15 is 0 Å². The maximum absolute atomic E-state index is 5.56. The number of hydrogen-bond donors (Lipinski definition) is 1. The fraction of sp³-hybridized carbons (Fsp3) is 0.625. The highest BCUT2D eigenvalue weighted by atomic mass is 16.5. The number of nitrogens with zero attached hydrogens (tertiary/aromatic N) is 1. The van der Waals surface area contributed by atoms with E-state index in [9.17, 15) is 0 Å². The van der Waals surface area contributed by atoms with Crippen LogP contribution in [0.3, 0.4) is 0 Å². The first-order valence-corrected chi connectivity index (χ1v) is 7.41. The van der Waals surface area contributed by atoms with E-state index in [1.54, 1.807) is 7.11 Å². The van der Waals surface area contributed by atoms with E-state index in [-0.39, 0.29) is 0 Å². The van der Waals surface area contributed by atoms with Crippen LogP contribution in [-0.4, -0.2) is 43.8 Å². The van der Waals surface area contributed by atoms with E-state index in [2.05, 4.69) is 36.2 Å². The van der Waals surface area contributed by atoms with Crippen LogP contribution in [0.1, 0.15) is 26.3 Å². The zero-order valence-corrected chi connectivity index (χ0v) is 13.0. The summed E-state index contributed by atoms with van der Waals surface area (Å²) in [5.74, 6) is 1.64. The lowest BCUT2D eigenvalue weighted by molar-refractivity contribution is 0.138. The quantitative estimate of drug-likeness (QED) is 0.896. The van der Waals surface area contributed by atoms with Crippen molar-refractivity contribution in [2.75, 3.05) is 26.8 Å². The molecule has 0 radical (unpaired) electrons. The number of piperazine rings is 1. The third kappa shape index (κ3) is 3.64. The lowest BCUT2D eigenvalue weighted by Crippen LogP contribution is -2.53. The largest absolute Gasteiger partial charge is 0.493 e. The van der Waals surface area contributed by atoms with Crippen LogP contribution in [0.4, 0.5) is 0 Å². The predicted molar refractivity (Wildman–Crippen MR) is 81.5 cm³/mol. The van der Waals surface area contributed by atoms with Crippen LogP contribution in [0.5, 0.6) is 11.5 Å². The second-order valence-electron chi connectivity index (χ2n) is 5.51. The number of rotatable bonds is 5. The molecule has 20 heavy (non-hydrogen) atoms. The fourth-order valence-corrected chi connectivity index (χ4v) is 2.64. The Morgan fingerprint density at radius 2 is 2.10 bits per heavy atom. The van der Waals surface area contributed by atoms with Crippen molar-refractivity contribution in [3.05, 3.63) is 23.8 Å². The van der Waals surface area contributed by atoms with Gasteiger partial charge >= 0.3 is 0 Å². The first-order valence-electron chi connectivity index (χ1n) is 7.41. The van der Waals surface area contributed by atoms with Gasteiger partial charge in [0, 0.05) is 31.7 Å². The maximum atomic E-state index is 5.56. The van der Waals surface area contributed by atoms with Gasteiger partial charge < -0.3 is 14.8 Å². The molecule has 2 rings (SSSR count). The minimum absolute atomic E-state index is 0.552. The maximum Gasteiger partial charge on any atom is 0.161 e. The van der Waals surface area contributed by atoms with Gasteiger partial charge in [-0.25, -0.2) is 0 Å². The van der Waals surface area contributed by atoms with Crippen molar-refractivity contribution in [3.63, 3.8) is 0 Å². The van der Waals surface area contributed by atoms with Crippen LogP contribution >= 0.6 is 0 Å². The van der Waals surface area contributed by atoms with Gasteiger partial charge in [0.2, 0.25) is 0 Å². The van der Waals surface area contributed by atoms with Crippen molar-refractivity contribution in [3.8, 4) is 11.5 Å². The van der Waals surface area contributed by atoms with Gasteiger partial charge in [0.1, 0.15) is 0 Å². The molecule has 1 N–H and O–H groups in total. The summed E-state index contributed by atoms with van der Waals surface area (Å²) in [5, 5.41) is 3.51. The topological polar surface area (TPSA) is 33.7 Å². The van der Waals surface area contributed by atoms with Crippen molar-refractivity contribution in [2.45, 2.75) is 39.4 Å². The summed E-state index contributed by atoms with van der Waals surface area (Å²) < 4.78 is 11.0. The van der Waals surface area contributed by atoms with Gasteiger partial charge in [-0.2, -0.15) is 0 Å². The molecule has 1 aliphatic heterocycles. The van der Waals surface area contributed by atoms with E-state index in [4.69, 9.17) is 9.47 Å². The van der Waals surface area contributed by atoms with Crippen LogP contribution < -0.4 is 14.8 Å². The molecular formula is C16H26N2O2. The molecule has 1 saturated heterocycles. The smallest absolute Gasteiger partial charge is 0.161 e. The Hall–Kier alpha value is -1.26. The Balaban J connectivity index is 2.08. The van der Waals surface area contributed by atoms with E-state index in [1.807, 2.05) is 13.0 Å². The fourth-order valence-electron chi connectivity index (χ4n) is 2.64. The molecule has 112 valence electrons. The summed E-state index contributed by atoms with van der Waals surface area (Å²) in [4.78, 5) is 2.51. The molecule has 1 heterocycles. The van der Waals surface area contributed by atoms with Crippen LogP contribution in [0, 0.1) is 0 Å². The Morgan fingerprint density at radius 3 is 2.80 bits per heavy atom. The van der Waals surface area contributed by atoms with Crippen LogP contribution in [0.25, 0.3) is 0 Å². The SMILES string of the molecule is CCOc1ccc(CN2CC(C)NCC2C)cc1OC. The van der Waals surface area contributed by atoms with E-state index in [0.717, 1.165) is 31.1 Å². The Morgan fingerprint density at radius 1 is 1.30 bits per heavy atom. The van der Waals surface area contributed by atoms with Gasteiger partial charge in [0.25, 0.3) is 0 Å². The summed E-state index contributed by atoms with van der Waals surface area (Å²) in [6, 6.07) is 7.34. The lowest BCUT2D eigenvalue weighted by atomic mass is 10.1. The van der Waals surface area contributed by atoms with Crippen molar-refractivity contribution in [1.29, 1.82) is 0 Å². The molecule has 2 atom stereocenters. The highest BCUT2D eigenvalue weighted by Crippen LogP contribution is 2.28. The molecule has 1 aromatic carbocycles. The van der Waals surface area contributed by atoms with Crippen molar-refractivity contribution in [2.24, 2.45) is 0 Å². The molecule has 1 aliphatic rings. The second kappa shape index (κ2) is 6.95. The summed E-state index contributed by atoms with van der Waals surface area (Å²) in [5.41, 5.74) is 1.27. The first-order chi connectivity index (χ1) is 9.63. The Bertz CT molecular complexity index is 436.